The van der Waals surface area contributed by atoms with Crippen LogP contribution in [0.25, 0.3) is 89.5 Å². The van der Waals surface area contributed by atoms with Crippen molar-refractivity contribution >= 4 is 0 Å². The van der Waals surface area contributed by atoms with Crippen LogP contribution in [0, 0.1) is 101 Å². The number of aromatic nitrogens is 4. The number of hydrogen-bond donors (Lipinski definition) is 0. The smallest absolute Gasteiger partial charge is 0.201 e. The monoisotopic (exact) mass is 1360 g/mol. The fraction of sp³-hybridized carbons (Fsp3) is 0.299. The predicted octanol–water partition coefficient (Wildman–Crippen LogP) is 23.3. The molecule has 0 amide bonds. The molecule has 0 atom stereocenters. The zero-order valence-corrected chi connectivity index (χ0v) is 61.2. The molecule has 4 heteroatoms. The molecular weight excluding hydrogens is 1220 g/mol. The molecule has 0 fully saturated rings. The second-order valence-corrected chi connectivity index (χ2v) is 27.6. The molecule has 101 heavy (non-hydrogen) atoms. The van der Waals surface area contributed by atoms with Crippen molar-refractivity contribution in [2.45, 2.75) is 157 Å². The van der Waals surface area contributed by atoms with Crippen LogP contribution in [0.3, 0.4) is 0 Å². The van der Waals surface area contributed by atoms with Gasteiger partial charge in [-0.25, -0.2) is 18.3 Å². The lowest BCUT2D eigenvalue weighted by molar-refractivity contribution is -0.660. The number of benzene rings is 8. The number of nitrogens with zero attached hydrogens (tertiary/aromatic N) is 4. The van der Waals surface area contributed by atoms with Crippen LogP contribution in [-0.2, 0) is 40.9 Å². The SMILES string of the molecule is [2H]C([2H])([2H])c1c[n+](C)c(-c2cc(-c3ccccc3)c(C([2H])([2H])[2H])cc2C)cc1C.[2H]C([2H])([2H])c1cc(C)c(-c2cc(C([2H])(C)C)c(C([2H])([2H])[2H])c[n+]2C)cc1-c1ccccc1.[2H]C([2H])([2H])c1cc(C)c(-c2cc(C([2H])([2H])C(C)(C)C)c(C([2H])([2H])[2H])c[n+]2C)cc1-c1ccccc1.[2H]C([2H])([2H])c1cc(C)c(-c2cc(C([2H])([2H])C(C)C)c(C([2H])([2H])[2H])c[n+]2C)cc1-c1ccccc1. The van der Waals surface area contributed by atoms with Gasteiger partial charge in [-0.2, -0.15) is 0 Å². The van der Waals surface area contributed by atoms with Crippen molar-refractivity contribution < 1.29 is 58.0 Å². The van der Waals surface area contributed by atoms with Crippen LogP contribution in [-0.4, -0.2) is 0 Å². The summed E-state index contributed by atoms with van der Waals surface area (Å²) >= 11 is 0. The van der Waals surface area contributed by atoms with Crippen LogP contribution < -0.4 is 18.3 Å². The van der Waals surface area contributed by atoms with Gasteiger partial charge in [0, 0.05) is 109 Å². The highest BCUT2D eigenvalue weighted by atomic mass is 14.9. The van der Waals surface area contributed by atoms with E-state index in [4.69, 9.17) is 39.8 Å². The van der Waals surface area contributed by atoms with E-state index in [0.29, 0.717) is 78.1 Å². The second-order valence-electron chi connectivity index (χ2n) is 27.6. The molecule has 0 spiro atoms. The fourth-order valence-corrected chi connectivity index (χ4v) is 12.5. The topological polar surface area (TPSA) is 15.5 Å². The molecule has 0 bridgehead atoms. The highest BCUT2D eigenvalue weighted by Crippen LogP contribution is 2.37. The molecule has 8 aromatic carbocycles. The van der Waals surface area contributed by atoms with Gasteiger partial charge in [-0.3, -0.25) is 0 Å². The van der Waals surface area contributed by atoms with Crippen LogP contribution in [0.15, 0.2) is 219 Å². The van der Waals surface area contributed by atoms with Crippen molar-refractivity contribution in [2.75, 3.05) is 0 Å². The molecule has 0 radical (unpaired) electrons. The average molecular weight is 1370 g/mol. The summed E-state index contributed by atoms with van der Waals surface area (Å²) < 4.78 is 242. The first-order valence-electron chi connectivity index (χ1n) is 48.4. The molecule has 0 saturated heterocycles. The van der Waals surface area contributed by atoms with E-state index in [1.165, 1.54) is 12.4 Å². The molecular formula is C97H114N4+4. The van der Waals surface area contributed by atoms with Crippen LogP contribution in [0.4, 0.5) is 0 Å². The van der Waals surface area contributed by atoms with Gasteiger partial charge in [0.15, 0.2) is 24.8 Å². The Balaban J connectivity index is 0.000000196. The molecule has 0 unspecified atom stereocenters. The minimum absolute atomic E-state index is 0.0301. The summed E-state index contributed by atoms with van der Waals surface area (Å²) in [5.74, 6) is -1.57. The lowest BCUT2D eigenvalue weighted by atomic mass is 9.86. The Morgan fingerprint density at radius 2 is 0.604 bits per heavy atom. The Labute approximate surface area is 649 Å². The van der Waals surface area contributed by atoms with E-state index in [2.05, 4.69) is 0 Å². The van der Waals surface area contributed by atoms with Crippen LogP contribution >= 0.6 is 0 Å². The van der Waals surface area contributed by atoms with Gasteiger partial charge >= 0.3 is 0 Å². The van der Waals surface area contributed by atoms with Crippen molar-refractivity contribution in [1.29, 1.82) is 0 Å². The summed E-state index contributed by atoms with van der Waals surface area (Å²) in [6, 6.07) is 58.2. The van der Waals surface area contributed by atoms with E-state index in [1.54, 1.807) is 150 Å². The minimum atomic E-state index is -2.50. The zero-order valence-electron chi connectivity index (χ0n) is 90.2. The average Bonchev–Trinajstić information content (AvgIpc) is 0.737. The Hall–Kier alpha value is -9.64. The summed E-state index contributed by atoms with van der Waals surface area (Å²) in [7, 11) is 7.02. The Kier molecular flexibility index (Phi) is 14.7. The van der Waals surface area contributed by atoms with E-state index < -0.39 is 84.8 Å². The lowest BCUT2D eigenvalue weighted by Gasteiger charge is -2.20. The largest absolute Gasteiger partial charge is 0.212 e. The van der Waals surface area contributed by atoms with Crippen LogP contribution in [0.2, 0.25) is 0 Å². The number of rotatable bonds is 12. The zero-order chi connectivity index (χ0) is 97.8. The van der Waals surface area contributed by atoms with Gasteiger partial charge in [-0.15, -0.1) is 0 Å². The van der Waals surface area contributed by atoms with E-state index in [9.17, 15) is 0 Å². The normalized spacial score (nSPS) is 16.9. The van der Waals surface area contributed by atoms with E-state index in [1.807, 2.05) is 186 Å². The molecule has 12 rings (SSSR count). The van der Waals surface area contributed by atoms with Gasteiger partial charge in [-0.1, -0.05) is 194 Å². The van der Waals surface area contributed by atoms with Crippen molar-refractivity contribution in [1.82, 2.24) is 0 Å². The molecule has 0 aliphatic heterocycles. The van der Waals surface area contributed by atoms with Crippen LogP contribution in [0.1, 0.15) is 183 Å². The van der Waals surface area contributed by atoms with Crippen molar-refractivity contribution in [3.63, 3.8) is 0 Å². The third kappa shape index (κ3) is 18.5. The van der Waals surface area contributed by atoms with Gasteiger partial charge in [0.05, 0.1) is 0 Å². The molecule has 0 N–H and O–H groups in total. The van der Waals surface area contributed by atoms with Crippen molar-refractivity contribution in [2.24, 2.45) is 39.5 Å². The summed E-state index contributed by atoms with van der Waals surface area (Å²) in [6.07, 6.45) is 2.33. The Morgan fingerprint density at radius 1 is 0.317 bits per heavy atom. The standard InChI is InChI=1S/C26H32N.C25H30N.C24H28N.C22H24N/c1-18-13-19(2)24(15-23(18)21-11-9-8-10-12-21)25-14-22(16-26(4,5)6)20(3)17-27(25)7;1-17(2)12-22-14-25(26(6)16-20(22)5)24-15-23(18(3)13-19(24)4)21-10-8-7-9-11-21;1-16(2)21-14-24(25(6)15-19(21)5)23-13-22(17(3)12-18(23)4)20-10-8-7-9-11-20;1-15-12-22(23(5)14-18(15)4)21-13-20(16(2)11-17(21)3)19-9-7-6-8-10-19/h8-15,17H,16H2,1-7H3;7-11,13-17H,12H2,1-6H3;7-16H,1-6H3;6-14H,1-5H3/q4*+1/i1D3,3D3,16D2;3D3,5D3,12D2;3D3,5D3,16D;2D3,4D3. The minimum Gasteiger partial charge on any atom is -0.201 e. The number of pyridine rings is 4. The van der Waals surface area contributed by atoms with Crippen molar-refractivity contribution in [3.05, 3.63) is 308 Å². The lowest BCUT2D eigenvalue weighted by Crippen LogP contribution is -2.32. The molecule has 4 heterocycles. The molecule has 0 saturated carbocycles. The van der Waals surface area contributed by atoms with Gasteiger partial charge in [0.2, 0.25) is 22.8 Å². The van der Waals surface area contributed by atoms with Gasteiger partial charge < -0.3 is 0 Å². The summed E-state index contributed by atoms with van der Waals surface area (Å²) in [4.78, 5) is 0. The molecule has 4 aromatic heterocycles. The third-order valence-corrected chi connectivity index (χ3v) is 17.7. The summed E-state index contributed by atoms with van der Waals surface area (Å²) in [5, 5.41) is 0. The second kappa shape index (κ2) is 32.8. The van der Waals surface area contributed by atoms with E-state index in [0.717, 1.165) is 55.9 Å². The molecule has 0 aliphatic rings. The fourth-order valence-electron chi connectivity index (χ4n) is 12.5. The highest BCUT2D eigenvalue weighted by Gasteiger charge is 2.24. The molecule has 12 aromatic rings. The maximum atomic E-state index is 8.85. The molecule has 518 valence electrons. The van der Waals surface area contributed by atoms with E-state index in [-0.39, 0.29) is 44.5 Å². The van der Waals surface area contributed by atoms with Gasteiger partial charge in [0.25, 0.3) is 0 Å². The van der Waals surface area contributed by atoms with Gasteiger partial charge in [-0.05, 0) is 255 Å². The maximum absolute atomic E-state index is 8.85. The summed E-state index contributed by atoms with van der Waals surface area (Å²) in [5.41, 5.74) is 16.3. The van der Waals surface area contributed by atoms with Crippen LogP contribution in [0.5, 0.6) is 0 Å². The quantitative estimate of drug-likeness (QED) is 0.108. The first kappa shape index (κ1) is 45.3. The predicted molar refractivity (Wildman–Crippen MR) is 431 cm³/mol. The Bertz CT molecular complexity index is 6100. The molecule has 4 nitrogen and oxygen atoms in total. The maximum Gasteiger partial charge on any atom is 0.212 e. The Morgan fingerprint density at radius 3 is 0.911 bits per heavy atom. The first-order chi connectivity index (χ1) is 59.4. The van der Waals surface area contributed by atoms with Gasteiger partial charge in [0.1, 0.15) is 28.2 Å². The van der Waals surface area contributed by atoms with Crippen molar-refractivity contribution in [3.8, 4) is 89.5 Å². The number of hydrogen-bond acceptors (Lipinski definition) is 0. The molecule has 0 aliphatic carbocycles. The number of aryl methyl sites for hydroxylation is 17. The highest BCUT2D eigenvalue weighted by molar-refractivity contribution is 5.80. The third-order valence-electron chi connectivity index (χ3n) is 17.7. The summed E-state index contributed by atoms with van der Waals surface area (Å²) in [6.45, 7) is 2.48. The first-order valence-corrected chi connectivity index (χ1v) is 33.9. The van der Waals surface area contributed by atoms with E-state index >= 15 is 0 Å².